The van der Waals surface area contributed by atoms with Crippen LogP contribution in [0.5, 0.6) is 0 Å². The van der Waals surface area contributed by atoms with Gasteiger partial charge in [0.05, 0.1) is 0 Å². The molecule has 0 saturated carbocycles. The molecule has 1 aromatic heterocycles. The number of hydrogen-bond acceptors (Lipinski definition) is 2. The molecule has 0 bridgehead atoms. The Morgan fingerprint density at radius 1 is 0.714 bits per heavy atom. The van der Waals surface area contributed by atoms with Gasteiger partial charge in [0.25, 0.3) is 0 Å². The van der Waals surface area contributed by atoms with Crippen LogP contribution in [0.2, 0.25) is 0 Å². The number of rotatable bonds is 4. The van der Waals surface area contributed by atoms with E-state index in [0.717, 1.165) is 10.6 Å². The Bertz CT molecular complexity index is 702. The zero-order valence-electron chi connectivity index (χ0n) is 11.4. The van der Waals surface area contributed by atoms with Crippen LogP contribution >= 0.6 is 7.29 Å². The van der Waals surface area contributed by atoms with E-state index >= 15 is 0 Å². The van der Waals surface area contributed by atoms with Gasteiger partial charge in [0.15, 0.2) is 0 Å². The molecule has 3 rings (SSSR count). The maximum absolute atomic E-state index is 13.6. The van der Waals surface area contributed by atoms with E-state index in [9.17, 15) is 4.57 Å². The maximum atomic E-state index is 13.6. The van der Waals surface area contributed by atoms with E-state index in [1.807, 2.05) is 78.9 Å². The van der Waals surface area contributed by atoms with Crippen molar-refractivity contribution in [1.82, 2.24) is 4.98 Å². The molecular weight excluding hydrogens is 279 g/mol. The summed E-state index contributed by atoms with van der Waals surface area (Å²) < 4.78 is 13.6. The summed E-state index contributed by atoms with van der Waals surface area (Å²) in [6, 6.07) is 24.4. The fourth-order valence-corrected chi connectivity index (χ4v) is 4.34. The number of nitrogens with zero attached hydrogens (tertiary/aromatic N) is 1. The molecule has 3 aromatic rings. The van der Waals surface area contributed by atoms with Crippen molar-refractivity contribution in [3.8, 4) is 0 Å². The summed E-state index contributed by atoms with van der Waals surface area (Å²) in [4.78, 5) is 4.23. The van der Waals surface area contributed by atoms with Crippen molar-refractivity contribution in [3.05, 3.63) is 85.1 Å². The lowest BCUT2D eigenvalue weighted by molar-refractivity contribution is 0.590. The number of benzene rings is 2. The van der Waals surface area contributed by atoms with Crippen molar-refractivity contribution < 1.29 is 4.57 Å². The van der Waals surface area contributed by atoms with E-state index in [2.05, 4.69) is 10.1 Å². The fourth-order valence-electron chi connectivity index (χ4n) is 2.14. The minimum absolute atomic E-state index is 0.605. The van der Waals surface area contributed by atoms with E-state index in [4.69, 9.17) is 0 Å². The molecule has 1 N–H and O–H groups in total. The number of aromatic nitrogens is 1. The Kier molecular flexibility index (Phi) is 3.85. The van der Waals surface area contributed by atoms with Crippen LogP contribution in [0.3, 0.4) is 0 Å². The lowest BCUT2D eigenvalue weighted by atomic mass is 10.4. The standard InChI is InChI=1S/C17H15N2OP/c20-21(15-9-3-1-4-10-15,16-11-5-2-6-12-16)19-17-13-7-8-14-18-17/h1-14H,(H,18,19,20). The highest BCUT2D eigenvalue weighted by molar-refractivity contribution is 7.80. The van der Waals surface area contributed by atoms with Crippen molar-refractivity contribution in [2.45, 2.75) is 0 Å². The van der Waals surface area contributed by atoms with E-state index in [0.29, 0.717) is 5.82 Å². The van der Waals surface area contributed by atoms with Crippen molar-refractivity contribution >= 4 is 23.7 Å². The second kappa shape index (κ2) is 5.94. The molecule has 4 heteroatoms. The predicted octanol–water partition coefficient (Wildman–Crippen LogP) is 3.42. The lowest BCUT2D eigenvalue weighted by Crippen LogP contribution is -2.21. The smallest absolute Gasteiger partial charge is 0.228 e. The number of pyridine rings is 1. The van der Waals surface area contributed by atoms with Gasteiger partial charge in [-0.25, -0.2) is 4.98 Å². The highest BCUT2D eigenvalue weighted by atomic mass is 31.2. The molecule has 0 saturated heterocycles. The Labute approximate surface area is 124 Å². The number of nitrogens with one attached hydrogen (secondary N) is 1. The van der Waals surface area contributed by atoms with E-state index in [1.165, 1.54) is 0 Å². The summed E-state index contributed by atoms with van der Waals surface area (Å²) in [7, 11) is -2.96. The first-order valence-corrected chi connectivity index (χ1v) is 8.40. The van der Waals surface area contributed by atoms with E-state index < -0.39 is 7.29 Å². The Hall–Kier alpha value is -2.38. The van der Waals surface area contributed by atoms with E-state index in [1.54, 1.807) is 6.20 Å². The largest absolute Gasteiger partial charge is 0.314 e. The highest BCUT2D eigenvalue weighted by Crippen LogP contribution is 2.42. The first-order chi connectivity index (χ1) is 10.3. The monoisotopic (exact) mass is 294 g/mol. The van der Waals surface area contributed by atoms with E-state index in [-0.39, 0.29) is 0 Å². The van der Waals surface area contributed by atoms with Gasteiger partial charge in [-0.15, -0.1) is 0 Å². The topological polar surface area (TPSA) is 42.0 Å². The summed E-state index contributed by atoms with van der Waals surface area (Å²) in [6.45, 7) is 0. The molecule has 0 atom stereocenters. The average molecular weight is 294 g/mol. The Morgan fingerprint density at radius 3 is 1.71 bits per heavy atom. The van der Waals surface area contributed by atoms with Crippen molar-refractivity contribution in [3.63, 3.8) is 0 Å². The van der Waals surface area contributed by atoms with Crippen LogP contribution < -0.4 is 15.7 Å². The summed E-state index contributed by atoms with van der Waals surface area (Å²) in [6.07, 6.45) is 1.68. The molecule has 0 radical (unpaired) electrons. The van der Waals surface area contributed by atoms with Gasteiger partial charge in [0, 0.05) is 16.8 Å². The molecule has 21 heavy (non-hydrogen) atoms. The van der Waals surface area contributed by atoms with Gasteiger partial charge in [0.1, 0.15) is 5.82 Å². The third-order valence-electron chi connectivity index (χ3n) is 3.18. The van der Waals surface area contributed by atoms with Gasteiger partial charge in [-0.1, -0.05) is 42.5 Å². The second-order valence-corrected chi connectivity index (χ2v) is 7.08. The summed E-state index contributed by atoms with van der Waals surface area (Å²) >= 11 is 0. The lowest BCUT2D eigenvalue weighted by Gasteiger charge is -2.20. The molecule has 0 amide bonds. The van der Waals surface area contributed by atoms with Crippen LogP contribution in [-0.2, 0) is 4.57 Å². The average Bonchev–Trinajstić information content (AvgIpc) is 2.57. The third kappa shape index (κ3) is 2.88. The SMILES string of the molecule is O=P(Nc1ccccn1)(c1ccccc1)c1ccccc1. The third-order valence-corrected chi connectivity index (χ3v) is 5.77. The molecule has 0 aliphatic rings. The molecule has 0 unspecified atom stereocenters. The molecule has 2 aromatic carbocycles. The molecule has 0 fully saturated rings. The predicted molar refractivity (Wildman–Crippen MR) is 87.6 cm³/mol. The first-order valence-electron chi connectivity index (χ1n) is 6.70. The molecule has 1 heterocycles. The normalized spacial score (nSPS) is 11.0. The van der Waals surface area contributed by atoms with Crippen molar-refractivity contribution in [1.29, 1.82) is 0 Å². The van der Waals surface area contributed by atoms with Crippen LogP contribution in [0, 0.1) is 0 Å². The van der Waals surface area contributed by atoms with Crippen LogP contribution in [0.1, 0.15) is 0 Å². The minimum atomic E-state index is -2.96. The molecule has 104 valence electrons. The van der Waals surface area contributed by atoms with Crippen molar-refractivity contribution in [2.75, 3.05) is 5.09 Å². The van der Waals surface area contributed by atoms with Gasteiger partial charge in [0.2, 0.25) is 7.29 Å². The van der Waals surface area contributed by atoms with Crippen LogP contribution in [-0.4, -0.2) is 4.98 Å². The molecule has 3 nitrogen and oxygen atoms in total. The molecule has 0 aliphatic heterocycles. The summed E-state index contributed by atoms with van der Waals surface area (Å²) in [5.41, 5.74) is 0. The Balaban J connectivity index is 2.10. The molecular formula is C17H15N2OP. The molecule has 0 spiro atoms. The van der Waals surface area contributed by atoms with Crippen LogP contribution in [0.4, 0.5) is 5.82 Å². The van der Waals surface area contributed by atoms with Crippen molar-refractivity contribution in [2.24, 2.45) is 0 Å². The van der Waals surface area contributed by atoms with Gasteiger partial charge in [-0.3, -0.25) is 4.57 Å². The zero-order chi connectivity index (χ0) is 14.5. The number of hydrogen-bond donors (Lipinski definition) is 1. The van der Waals surface area contributed by atoms with Crippen LogP contribution in [0.25, 0.3) is 0 Å². The van der Waals surface area contributed by atoms with Gasteiger partial charge >= 0.3 is 0 Å². The second-order valence-electron chi connectivity index (χ2n) is 4.61. The van der Waals surface area contributed by atoms with Gasteiger partial charge < -0.3 is 5.09 Å². The maximum Gasteiger partial charge on any atom is 0.228 e. The number of anilines is 1. The van der Waals surface area contributed by atoms with Crippen LogP contribution in [0.15, 0.2) is 85.1 Å². The summed E-state index contributed by atoms with van der Waals surface area (Å²) in [5, 5.41) is 4.66. The zero-order valence-corrected chi connectivity index (χ0v) is 12.3. The van der Waals surface area contributed by atoms with Gasteiger partial charge in [-0.05, 0) is 36.4 Å². The fraction of sp³-hybridized carbons (Fsp3) is 0. The first kappa shape index (κ1) is 13.6. The molecule has 0 aliphatic carbocycles. The van der Waals surface area contributed by atoms with Gasteiger partial charge in [-0.2, -0.15) is 0 Å². The minimum Gasteiger partial charge on any atom is -0.314 e. The highest BCUT2D eigenvalue weighted by Gasteiger charge is 2.27. The quantitative estimate of drug-likeness (QED) is 0.750. The Morgan fingerprint density at radius 2 is 1.24 bits per heavy atom. The summed E-state index contributed by atoms with van der Waals surface area (Å²) in [5.74, 6) is 0.605.